The summed E-state index contributed by atoms with van der Waals surface area (Å²) in [6, 6.07) is 0.109. The molecular formula is C17H31NO2. The van der Waals surface area contributed by atoms with Crippen molar-refractivity contribution in [3.8, 4) is 0 Å². The zero-order chi connectivity index (χ0) is 15.0. The van der Waals surface area contributed by atoms with Gasteiger partial charge in [0.15, 0.2) is 0 Å². The number of hydrogen-bond acceptors (Lipinski definition) is 2. The molecule has 1 amide bonds. The predicted molar refractivity (Wildman–Crippen MR) is 82.5 cm³/mol. The quantitative estimate of drug-likeness (QED) is 0.735. The predicted octanol–water partition coefficient (Wildman–Crippen LogP) is 3.81. The van der Waals surface area contributed by atoms with Crippen LogP contribution in [0.2, 0.25) is 0 Å². The molecule has 3 nitrogen and oxygen atoms in total. The Kier molecular flexibility index (Phi) is 7.86. The largest absolute Gasteiger partial charge is 0.339 e. The number of amides is 1. The molecule has 1 saturated heterocycles. The normalized spacial score (nSPS) is 28.9. The molecule has 1 fully saturated rings. The first kappa shape index (κ1) is 17.2. The molecule has 3 heteroatoms. The number of aldehydes is 1. The van der Waals surface area contributed by atoms with Crippen LogP contribution >= 0.6 is 0 Å². The molecule has 0 spiro atoms. The highest BCUT2D eigenvalue weighted by Gasteiger charge is 2.28. The van der Waals surface area contributed by atoms with Crippen molar-refractivity contribution >= 4 is 12.2 Å². The highest BCUT2D eigenvalue weighted by molar-refractivity contribution is 5.76. The zero-order valence-electron chi connectivity index (χ0n) is 13.4. The second-order valence-corrected chi connectivity index (χ2v) is 6.24. The molecule has 0 N–H and O–H groups in total. The lowest BCUT2D eigenvalue weighted by molar-refractivity contribution is -0.135. The average Bonchev–Trinajstić information content (AvgIpc) is 2.46. The summed E-state index contributed by atoms with van der Waals surface area (Å²) >= 11 is 0. The highest BCUT2D eigenvalue weighted by Crippen LogP contribution is 2.27. The van der Waals surface area contributed by atoms with E-state index in [4.69, 9.17) is 0 Å². The third-order valence-electron chi connectivity index (χ3n) is 4.88. The Hall–Kier alpha value is -0.860. The molecule has 116 valence electrons. The summed E-state index contributed by atoms with van der Waals surface area (Å²) in [5, 5.41) is 0. The molecule has 0 radical (unpaired) electrons. The van der Waals surface area contributed by atoms with E-state index in [1.165, 1.54) is 25.7 Å². The summed E-state index contributed by atoms with van der Waals surface area (Å²) in [5.74, 6) is 1.44. The van der Waals surface area contributed by atoms with Gasteiger partial charge in [0.2, 0.25) is 5.91 Å². The maximum absolute atomic E-state index is 12.2. The smallest absolute Gasteiger partial charge is 0.222 e. The third-order valence-corrected chi connectivity index (χ3v) is 4.88. The van der Waals surface area contributed by atoms with Crippen LogP contribution in [0.25, 0.3) is 0 Å². The van der Waals surface area contributed by atoms with Crippen LogP contribution in [0, 0.1) is 11.8 Å². The minimum Gasteiger partial charge on any atom is -0.339 e. The third kappa shape index (κ3) is 4.92. The molecule has 0 aliphatic carbocycles. The fraction of sp³-hybridized carbons (Fsp3) is 0.882. The Morgan fingerprint density at radius 2 is 1.90 bits per heavy atom. The SMILES string of the molecule is CCC(=O)N1CCC[C@@H](CC)CCC[C@@H](C)[C@@H]1CC=O. The minimum atomic E-state index is 0.109. The topological polar surface area (TPSA) is 37.4 Å². The van der Waals surface area contributed by atoms with Gasteiger partial charge in [-0.3, -0.25) is 4.79 Å². The van der Waals surface area contributed by atoms with Gasteiger partial charge in [0, 0.05) is 25.4 Å². The number of carbonyl (C=O) groups excluding carboxylic acids is 2. The van der Waals surface area contributed by atoms with Crippen LogP contribution in [0.1, 0.15) is 72.1 Å². The van der Waals surface area contributed by atoms with Gasteiger partial charge in [-0.25, -0.2) is 0 Å². The van der Waals surface area contributed by atoms with Gasteiger partial charge in [-0.15, -0.1) is 0 Å². The molecule has 0 aromatic rings. The number of hydrogen-bond donors (Lipinski definition) is 0. The van der Waals surface area contributed by atoms with Crippen LogP contribution < -0.4 is 0 Å². The fourth-order valence-corrected chi connectivity index (χ4v) is 3.47. The van der Waals surface area contributed by atoms with E-state index in [1.807, 2.05) is 11.8 Å². The second-order valence-electron chi connectivity index (χ2n) is 6.24. The molecule has 0 saturated carbocycles. The maximum Gasteiger partial charge on any atom is 0.222 e. The van der Waals surface area contributed by atoms with Crippen molar-refractivity contribution in [1.82, 2.24) is 4.90 Å². The lowest BCUT2D eigenvalue weighted by Gasteiger charge is -2.36. The van der Waals surface area contributed by atoms with E-state index in [-0.39, 0.29) is 11.9 Å². The summed E-state index contributed by atoms with van der Waals surface area (Å²) < 4.78 is 0. The molecule has 1 heterocycles. The first-order valence-corrected chi connectivity index (χ1v) is 8.37. The van der Waals surface area contributed by atoms with Crippen molar-refractivity contribution in [3.05, 3.63) is 0 Å². The van der Waals surface area contributed by atoms with Gasteiger partial charge in [0.05, 0.1) is 0 Å². The van der Waals surface area contributed by atoms with E-state index in [1.54, 1.807) is 0 Å². The summed E-state index contributed by atoms with van der Waals surface area (Å²) in [7, 11) is 0. The molecule has 1 aliphatic rings. The van der Waals surface area contributed by atoms with Gasteiger partial charge >= 0.3 is 0 Å². The zero-order valence-corrected chi connectivity index (χ0v) is 13.4. The van der Waals surface area contributed by atoms with Crippen molar-refractivity contribution < 1.29 is 9.59 Å². The van der Waals surface area contributed by atoms with Gasteiger partial charge < -0.3 is 9.69 Å². The van der Waals surface area contributed by atoms with Crippen LogP contribution in [0.3, 0.4) is 0 Å². The Balaban J connectivity index is 2.82. The van der Waals surface area contributed by atoms with Gasteiger partial charge in [-0.1, -0.05) is 40.0 Å². The molecule has 0 aromatic heterocycles. The standard InChI is InChI=1S/C17H31NO2/c1-4-15-9-6-8-14(3)16(11-13-19)18(12-7-10-15)17(20)5-2/h13-16H,4-12H2,1-3H3/t14-,15+,16+/m1/s1. The highest BCUT2D eigenvalue weighted by atomic mass is 16.2. The Morgan fingerprint density at radius 1 is 1.20 bits per heavy atom. The summed E-state index contributed by atoms with van der Waals surface area (Å²) in [5.41, 5.74) is 0. The van der Waals surface area contributed by atoms with Crippen LogP contribution in [0.15, 0.2) is 0 Å². The lowest BCUT2D eigenvalue weighted by atomic mass is 9.86. The lowest BCUT2D eigenvalue weighted by Crippen LogP contribution is -2.45. The van der Waals surface area contributed by atoms with Gasteiger partial charge in [0.25, 0.3) is 0 Å². The molecule has 1 rings (SSSR count). The minimum absolute atomic E-state index is 0.109. The first-order chi connectivity index (χ1) is 9.63. The molecule has 20 heavy (non-hydrogen) atoms. The van der Waals surface area contributed by atoms with E-state index in [0.29, 0.717) is 18.8 Å². The number of nitrogens with zero attached hydrogens (tertiary/aromatic N) is 1. The van der Waals surface area contributed by atoms with Crippen LogP contribution in [-0.4, -0.2) is 29.7 Å². The van der Waals surface area contributed by atoms with Crippen molar-refractivity contribution in [3.63, 3.8) is 0 Å². The van der Waals surface area contributed by atoms with Crippen molar-refractivity contribution in [1.29, 1.82) is 0 Å². The number of carbonyl (C=O) groups is 2. The Morgan fingerprint density at radius 3 is 2.50 bits per heavy atom. The van der Waals surface area contributed by atoms with Gasteiger partial charge in [0.1, 0.15) is 6.29 Å². The summed E-state index contributed by atoms with van der Waals surface area (Å²) in [4.78, 5) is 25.2. The second kappa shape index (κ2) is 9.15. The van der Waals surface area contributed by atoms with Gasteiger partial charge in [-0.2, -0.15) is 0 Å². The summed E-state index contributed by atoms with van der Waals surface area (Å²) in [6.07, 6.45) is 9.20. The molecule has 3 atom stereocenters. The Bertz CT molecular complexity index is 303. The monoisotopic (exact) mass is 281 g/mol. The number of rotatable bonds is 4. The summed E-state index contributed by atoms with van der Waals surface area (Å²) in [6.45, 7) is 7.21. The fourth-order valence-electron chi connectivity index (χ4n) is 3.47. The van der Waals surface area contributed by atoms with Crippen molar-refractivity contribution in [2.75, 3.05) is 6.54 Å². The van der Waals surface area contributed by atoms with E-state index < -0.39 is 0 Å². The maximum atomic E-state index is 12.2. The average molecular weight is 281 g/mol. The first-order valence-electron chi connectivity index (χ1n) is 8.37. The van der Waals surface area contributed by atoms with E-state index in [9.17, 15) is 9.59 Å². The van der Waals surface area contributed by atoms with Gasteiger partial charge in [-0.05, 0) is 31.1 Å². The van der Waals surface area contributed by atoms with E-state index in [2.05, 4.69) is 13.8 Å². The molecular weight excluding hydrogens is 250 g/mol. The van der Waals surface area contributed by atoms with Crippen LogP contribution in [-0.2, 0) is 9.59 Å². The van der Waals surface area contributed by atoms with E-state index in [0.717, 1.165) is 31.6 Å². The van der Waals surface area contributed by atoms with E-state index >= 15 is 0 Å². The molecule has 0 aromatic carbocycles. The Labute approximate surface area is 124 Å². The van der Waals surface area contributed by atoms with Crippen LogP contribution in [0.4, 0.5) is 0 Å². The molecule has 1 aliphatic heterocycles. The van der Waals surface area contributed by atoms with Crippen LogP contribution in [0.5, 0.6) is 0 Å². The molecule has 0 bridgehead atoms. The van der Waals surface area contributed by atoms with Crippen molar-refractivity contribution in [2.24, 2.45) is 11.8 Å². The molecule has 0 unspecified atom stereocenters. The van der Waals surface area contributed by atoms with Crippen molar-refractivity contribution in [2.45, 2.75) is 78.2 Å².